The molecule has 0 fully saturated rings. The Kier molecular flexibility index (Phi) is 2.80. The van der Waals surface area contributed by atoms with E-state index >= 15 is 0 Å². The molecule has 70 valence electrons. The Morgan fingerprint density at radius 2 is 1.86 bits per heavy atom. The smallest absolute Gasteiger partial charge is 0.0273 e. The summed E-state index contributed by atoms with van der Waals surface area (Å²) in [5.41, 5.74) is 2.61. The monoisotopic (exact) mass is 200 g/mol. The van der Waals surface area contributed by atoms with Gasteiger partial charge in [0.1, 0.15) is 0 Å². The van der Waals surface area contributed by atoms with Crippen LogP contribution in [0.5, 0.6) is 0 Å². The van der Waals surface area contributed by atoms with E-state index in [0.29, 0.717) is 0 Å². The Morgan fingerprint density at radius 1 is 1.07 bits per heavy atom. The zero-order valence-corrected chi connectivity index (χ0v) is 8.92. The summed E-state index contributed by atoms with van der Waals surface area (Å²) < 4.78 is 0. The van der Waals surface area contributed by atoms with Crippen molar-refractivity contribution >= 4 is 23.0 Å². The average Bonchev–Trinajstić information content (AvgIpc) is 2.72. The van der Waals surface area contributed by atoms with E-state index in [1.54, 1.807) is 11.3 Å². The van der Waals surface area contributed by atoms with E-state index in [-0.39, 0.29) is 0 Å². The number of hydrogen-bond donors (Lipinski definition) is 0. The molecule has 0 saturated heterocycles. The second-order valence-corrected chi connectivity index (χ2v) is 4.19. The van der Waals surface area contributed by atoms with Gasteiger partial charge in [-0.05, 0) is 35.6 Å². The van der Waals surface area contributed by atoms with Crippen molar-refractivity contribution in [3.8, 4) is 0 Å². The second kappa shape index (κ2) is 4.25. The van der Waals surface area contributed by atoms with Crippen molar-refractivity contribution in [2.45, 2.75) is 6.92 Å². The van der Waals surface area contributed by atoms with Gasteiger partial charge >= 0.3 is 0 Å². The molecule has 0 atom stereocenters. The zero-order chi connectivity index (χ0) is 9.80. The highest BCUT2D eigenvalue weighted by atomic mass is 32.1. The van der Waals surface area contributed by atoms with Gasteiger partial charge in [-0.25, -0.2) is 0 Å². The van der Waals surface area contributed by atoms with E-state index < -0.39 is 0 Å². The molecule has 0 spiro atoms. The SMILES string of the molecule is C/C(=C/c1cccs1)c1ccccc1. The first-order valence-corrected chi connectivity index (χ1v) is 5.51. The van der Waals surface area contributed by atoms with Crippen molar-refractivity contribution in [2.24, 2.45) is 0 Å². The fourth-order valence-electron chi connectivity index (χ4n) is 1.37. The summed E-state index contributed by atoms with van der Waals surface area (Å²) in [7, 11) is 0. The minimum Gasteiger partial charge on any atom is -0.144 e. The maximum absolute atomic E-state index is 2.22. The molecule has 2 rings (SSSR count). The number of allylic oxidation sites excluding steroid dienone is 1. The number of thiophene rings is 1. The lowest BCUT2D eigenvalue weighted by atomic mass is 10.1. The molecule has 0 aliphatic heterocycles. The molecule has 1 aromatic carbocycles. The highest BCUT2D eigenvalue weighted by Gasteiger charge is 1.94. The predicted molar refractivity (Wildman–Crippen MR) is 64.3 cm³/mol. The molecule has 2 aromatic rings. The van der Waals surface area contributed by atoms with Crippen molar-refractivity contribution < 1.29 is 0 Å². The molecule has 0 bridgehead atoms. The van der Waals surface area contributed by atoms with E-state index in [9.17, 15) is 0 Å². The Bertz CT molecular complexity index is 410. The number of benzene rings is 1. The minimum atomic E-state index is 1.29. The van der Waals surface area contributed by atoms with Gasteiger partial charge in [-0.2, -0.15) is 0 Å². The van der Waals surface area contributed by atoms with Crippen LogP contribution in [-0.2, 0) is 0 Å². The molecular formula is C13H12S. The van der Waals surface area contributed by atoms with Gasteiger partial charge in [-0.3, -0.25) is 0 Å². The number of rotatable bonds is 2. The largest absolute Gasteiger partial charge is 0.144 e. The number of hydrogen-bond acceptors (Lipinski definition) is 1. The van der Waals surface area contributed by atoms with E-state index in [0.717, 1.165) is 0 Å². The third-order valence-corrected chi connectivity index (χ3v) is 2.95. The first-order valence-electron chi connectivity index (χ1n) is 4.63. The highest BCUT2D eigenvalue weighted by molar-refractivity contribution is 7.10. The van der Waals surface area contributed by atoms with Crippen LogP contribution in [0.15, 0.2) is 47.8 Å². The van der Waals surface area contributed by atoms with Gasteiger partial charge < -0.3 is 0 Å². The molecule has 0 nitrogen and oxygen atoms in total. The van der Waals surface area contributed by atoms with Gasteiger partial charge in [0, 0.05) is 4.88 Å². The quantitative estimate of drug-likeness (QED) is 0.677. The van der Waals surface area contributed by atoms with Gasteiger partial charge in [-0.15, -0.1) is 11.3 Å². The fourth-order valence-corrected chi connectivity index (χ4v) is 2.09. The van der Waals surface area contributed by atoms with Crippen LogP contribution >= 0.6 is 11.3 Å². The molecule has 0 unspecified atom stereocenters. The van der Waals surface area contributed by atoms with Gasteiger partial charge in [0.15, 0.2) is 0 Å². The molecule has 0 aliphatic rings. The molecule has 0 aliphatic carbocycles. The van der Waals surface area contributed by atoms with Gasteiger partial charge in [0.05, 0.1) is 0 Å². The summed E-state index contributed by atoms with van der Waals surface area (Å²) >= 11 is 1.77. The molecule has 0 radical (unpaired) electrons. The minimum absolute atomic E-state index is 1.29. The van der Waals surface area contributed by atoms with Gasteiger partial charge in [-0.1, -0.05) is 36.4 Å². The van der Waals surface area contributed by atoms with Crippen LogP contribution in [0.2, 0.25) is 0 Å². The van der Waals surface area contributed by atoms with E-state index in [4.69, 9.17) is 0 Å². The van der Waals surface area contributed by atoms with Crippen molar-refractivity contribution in [2.75, 3.05) is 0 Å². The molecule has 14 heavy (non-hydrogen) atoms. The lowest BCUT2D eigenvalue weighted by Crippen LogP contribution is -1.76. The van der Waals surface area contributed by atoms with Crippen LogP contribution in [0.4, 0.5) is 0 Å². The molecule has 1 aromatic heterocycles. The maximum Gasteiger partial charge on any atom is 0.0273 e. The predicted octanol–water partition coefficient (Wildman–Crippen LogP) is 4.31. The third-order valence-electron chi connectivity index (χ3n) is 2.13. The van der Waals surface area contributed by atoms with Crippen LogP contribution in [0.25, 0.3) is 11.6 Å². The van der Waals surface area contributed by atoms with Crippen molar-refractivity contribution in [3.05, 3.63) is 58.3 Å². The highest BCUT2D eigenvalue weighted by Crippen LogP contribution is 2.19. The van der Waals surface area contributed by atoms with Gasteiger partial charge in [0.2, 0.25) is 0 Å². The van der Waals surface area contributed by atoms with Crippen molar-refractivity contribution in [1.82, 2.24) is 0 Å². The molecule has 0 N–H and O–H groups in total. The Morgan fingerprint density at radius 3 is 2.50 bits per heavy atom. The van der Waals surface area contributed by atoms with E-state index in [1.165, 1.54) is 16.0 Å². The first kappa shape index (κ1) is 9.22. The topological polar surface area (TPSA) is 0 Å². The van der Waals surface area contributed by atoms with E-state index in [2.05, 4.69) is 54.8 Å². The summed E-state index contributed by atoms with van der Waals surface area (Å²) in [6, 6.07) is 14.7. The van der Waals surface area contributed by atoms with Crippen LogP contribution in [0.1, 0.15) is 17.4 Å². The van der Waals surface area contributed by atoms with Crippen LogP contribution in [-0.4, -0.2) is 0 Å². The Hall–Kier alpha value is -1.34. The lowest BCUT2D eigenvalue weighted by molar-refractivity contribution is 1.58. The standard InChI is InChI=1S/C13H12S/c1-11(10-13-8-5-9-14-13)12-6-3-2-4-7-12/h2-10H,1H3/b11-10-. The van der Waals surface area contributed by atoms with Crippen LogP contribution < -0.4 is 0 Å². The third kappa shape index (κ3) is 2.12. The molecule has 0 amide bonds. The fraction of sp³-hybridized carbons (Fsp3) is 0.0769. The summed E-state index contributed by atoms with van der Waals surface area (Å²) in [5.74, 6) is 0. The average molecular weight is 200 g/mol. The summed E-state index contributed by atoms with van der Waals surface area (Å²) in [6.45, 7) is 2.15. The first-order chi connectivity index (χ1) is 6.86. The normalized spacial score (nSPS) is 11.6. The van der Waals surface area contributed by atoms with Gasteiger partial charge in [0.25, 0.3) is 0 Å². The zero-order valence-electron chi connectivity index (χ0n) is 8.10. The van der Waals surface area contributed by atoms with E-state index in [1.807, 2.05) is 6.07 Å². The van der Waals surface area contributed by atoms with Crippen LogP contribution in [0.3, 0.4) is 0 Å². The summed E-state index contributed by atoms with van der Waals surface area (Å²) in [5, 5.41) is 2.10. The Balaban J connectivity index is 2.29. The molecule has 1 heterocycles. The Labute approximate surface area is 88.5 Å². The lowest BCUT2D eigenvalue weighted by Gasteiger charge is -1.99. The molecule has 0 saturated carbocycles. The summed E-state index contributed by atoms with van der Waals surface area (Å²) in [6.07, 6.45) is 2.22. The summed E-state index contributed by atoms with van der Waals surface area (Å²) in [4.78, 5) is 1.31. The molecule has 1 heteroatoms. The van der Waals surface area contributed by atoms with Crippen LogP contribution in [0, 0.1) is 0 Å². The van der Waals surface area contributed by atoms with Crippen molar-refractivity contribution in [3.63, 3.8) is 0 Å². The van der Waals surface area contributed by atoms with Crippen molar-refractivity contribution in [1.29, 1.82) is 0 Å². The maximum atomic E-state index is 2.22. The second-order valence-electron chi connectivity index (χ2n) is 3.21. The molecular weight excluding hydrogens is 188 g/mol.